The van der Waals surface area contributed by atoms with Gasteiger partial charge in [-0.25, -0.2) is 0 Å². The van der Waals surface area contributed by atoms with Crippen molar-refractivity contribution < 1.29 is 4.79 Å². The third-order valence-electron chi connectivity index (χ3n) is 1.39. The number of hydrogen-bond donors (Lipinski definition) is 0. The number of nitrogens with zero attached hydrogens (tertiary/aromatic N) is 1. The van der Waals surface area contributed by atoms with Crippen LogP contribution in [0.3, 0.4) is 0 Å². The molecule has 1 amide bonds. The fourth-order valence-electron chi connectivity index (χ4n) is 0.795. The van der Waals surface area contributed by atoms with Crippen LogP contribution in [0.1, 0.15) is 0 Å². The Morgan fingerprint density at radius 1 is 1.45 bits per heavy atom. The lowest BCUT2D eigenvalue weighted by Gasteiger charge is -2.11. The Balaban J connectivity index is 3.02. The molecule has 0 spiro atoms. The fraction of sp³-hybridized carbons (Fsp3) is 0.125. The third-order valence-corrected chi connectivity index (χ3v) is 1.71. The van der Waals surface area contributed by atoms with Crippen LogP contribution in [-0.4, -0.2) is 13.5 Å². The standard InChI is InChI=1S/C8H8ClNO/c1-10(6-11)8-5-3-2-4-7(8)9/h2-6H,1H3. The number of halogens is 1. The van der Waals surface area contributed by atoms with Crippen molar-refractivity contribution in [1.29, 1.82) is 0 Å². The van der Waals surface area contributed by atoms with E-state index >= 15 is 0 Å². The number of carbonyl (C=O) groups excluding carboxylic acids is 1. The molecule has 1 rings (SSSR count). The Kier molecular flexibility index (Phi) is 2.49. The van der Waals surface area contributed by atoms with Crippen molar-refractivity contribution >= 4 is 23.7 Å². The number of anilines is 1. The van der Waals surface area contributed by atoms with Gasteiger partial charge in [0.25, 0.3) is 0 Å². The maximum Gasteiger partial charge on any atom is 0.213 e. The van der Waals surface area contributed by atoms with Gasteiger partial charge in [0.15, 0.2) is 0 Å². The predicted molar refractivity (Wildman–Crippen MR) is 45.9 cm³/mol. The van der Waals surface area contributed by atoms with Gasteiger partial charge in [-0.1, -0.05) is 23.7 Å². The topological polar surface area (TPSA) is 20.3 Å². The van der Waals surface area contributed by atoms with E-state index in [0.29, 0.717) is 5.02 Å². The van der Waals surface area contributed by atoms with Crippen LogP contribution in [0.15, 0.2) is 24.3 Å². The summed E-state index contributed by atoms with van der Waals surface area (Å²) in [6, 6.07) is 7.19. The molecule has 0 saturated carbocycles. The summed E-state index contributed by atoms with van der Waals surface area (Å²) >= 11 is 5.80. The summed E-state index contributed by atoms with van der Waals surface area (Å²) in [6.07, 6.45) is 0.723. The minimum absolute atomic E-state index is 0.585. The quantitative estimate of drug-likeness (QED) is 0.620. The molecule has 0 atom stereocenters. The molecule has 0 saturated heterocycles. The third kappa shape index (κ3) is 1.71. The van der Waals surface area contributed by atoms with Crippen molar-refractivity contribution in [3.05, 3.63) is 29.3 Å². The molecule has 0 aromatic heterocycles. The Bertz CT molecular complexity index is 262. The number of rotatable bonds is 2. The van der Waals surface area contributed by atoms with E-state index in [2.05, 4.69) is 0 Å². The average Bonchev–Trinajstić information content (AvgIpc) is 2.04. The molecular weight excluding hydrogens is 162 g/mol. The van der Waals surface area contributed by atoms with Gasteiger partial charge < -0.3 is 4.90 Å². The molecule has 0 radical (unpaired) electrons. The van der Waals surface area contributed by atoms with Crippen LogP contribution >= 0.6 is 11.6 Å². The van der Waals surface area contributed by atoms with Crippen LogP contribution in [0.5, 0.6) is 0 Å². The van der Waals surface area contributed by atoms with E-state index in [0.717, 1.165) is 12.1 Å². The van der Waals surface area contributed by atoms with Gasteiger partial charge in [-0.05, 0) is 12.1 Å². The van der Waals surface area contributed by atoms with E-state index in [1.165, 1.54) is 4.90 Å². The van der Waals surface area contributed by atoms with Crippen LogP contribution < -0.4 is 4.90 Å². The van der Waals surface area contributed by atoms with Crippen molar-refractivity contribution in [2.45, 2.75) is 0 Å². The Labute approximate surface area is 70.4 Å². The van der Waals surface area contributed by atoms with Gasteiger partial charge in [-0.3, -0.25) is 4.79 Å². The van der Waals surface area contributed by atoms with Gasteiger partial charge in [-0.15, -0.1) is 0 Å². The van der Waals surface area contributed by atoms with Crippen LogP contribution in [0, 0.1) is 0 Å². The second kappa shape index (κ2) is 3.39. The van der Waals surface area contributed by atoms with Gasteiger partial charge in [0, 0.05) is 7.05 Å². The van der Waals surface area contributed by atoms with Crippen LogP contribution in [-0.2, 0) is 4.79 Å². The fourth-order valence-corrected chi connectivity index (χ4v) is 1.06. The smallest absolute Gasteiger partial charge is 0.213 e. The first-order valence-electron chi connectivity index (χ1n) is 3.18. The summed E-state index contributed by atoms with van der Waals surface area (Å²) in [7, 11) is 1.66. The first-order valence-corrected chi connectivity index (χ1v) is 3.56. The van der Waals surface area contributed by atoms with Crippen LogP contribution in [0.4, 0.5) is 5.69 Å². The number of carbonyl (C=O) groups is 1. The molecule has 0 aliphatic heterocycles. The lowest BCUT2D eigenvalue weighted by Crippen LogP contribution is -2.13. The minimum Gasteiger partial charge on any atom is -0.317 e. The summed E-state index contributed by atoms with van der Waals surface area (Å²) in [4.78, 5) is 11.8. The van der Waals surface area contributed by atoms with Crippen molar-refractivity contribution in [3.8, 4) is 0 Å². The highest BCUT2D eigenvalue weighted by Gasteiger charge is 2.01. The van der Waals surface area contributed by atoms with E-state index in [4.69, 9.17) is 11.6 Å². The summed E-state index contributed by atoms with van der Waals surface area (Å²) in [5.41, 5.74) is 0.726. The van der Waals surface area contributed by atoms with E-state index in [9.17, 15) is 4.79 Å². The summed E-state index contributed by atoms with van der Waals surface area (Å²) < 4.78 is 0. The van der Waals surface area contributed by atoms with Crippen LogP contribution in [0.25, 0.3) is 0 Å². The van der Waals surface area contributed by atoms with Crippen LogP contribution in [0.2, 0.25) is 5.02 Å². The predicted octanol–water partition coefficient (Wildman–Crippen LogP) is 1.93. The SMILES string of the molecule is CN(C=O)c1ccccc1Cl. The van der Waals surface area contributed by atoms with E-state index in [1.807, 2.05) is 12.1 Å². The molecule has 3 heteroatoms. The van der Waals surface area contributed by atoms with Gasteiger partial charge in [-0.2, -0.15) is 0 Å². The number of para-hydroxylation sites is 1. The maximum atomic E-state index is 10.3. The summed E-state index contributed by atoms with van der Waals surface area (Å²) in [6.45, 7) is 0. The largest absolute Gasteiger partial charge is 0.317 e. The number of hydrogen-bond acceptors (Lipinski definition) is 1. The molecule has 0 fully saturated rings. The Morgan fingerprint density at radius 2 is 2.09 bits per heavy atom. The molecular formula is C8H8ClNO. The molecule has 2 nitrogen and oxygen atoms in total. The second-order valence-corrected chi connectivity index (χ2v) is 2.57. The minimum atomic E-state index is 0.585. The van der Waals surface area contributed by atoms with Crippen molar-refractivity contribution in [3.63, 3.8) is 0 Å². The zero-order valence-electron chi connectivity index (χ0n) is 6.12. The Hall–Kier alpha value is -1.02. The molecule has 0 N–H and O–H groups in total. The first-order chi connectivity index (χ1) is 5.25. The molecule has 1 aromatic carbocycles. The van der Waals surface area contributed by atoms with Gasteiger partial charge in [0.1, 0.15) is 0 Å². The first kappa shape index (κ1) is 8.08. The highest BCUT2D eigenvalue weighted by atomic mass is 35.5. The molecule has 0 heterocycles. The summed E-state index contributed by atoms with van der Waals surface area (Å²) in [5.74, 6) is 0. The van der Waals surface area contributed by atoms with E-state index < -0.39 is 0 Å². The maximum absolute atomic E-state index is 10.3. The molecule has 0 aliphatic rings. The van der Waals surface area contributed by atoms with Gasteiger partial charge in [0.2, 0.25) is 6.41 Å². The molecule has 0 aliphatic carbocycles. The van der Waals surface area contributed by atoms with Crippen molar-refractivity contribution in [2.24, 2.45) is 0 Å². The van der Waals surface area contributed by atoms with Crippen molar-refractivity contribution in [1.82, 2.24) is 0 Å². The van der Waals surface area contributed by atoms with E-state index in [1.54, 1.807) is 19.2 Å². The lowest BCUT2D eigenvalue weighted by atomic mass is 10.3. The second-order valence-electron chi connectivity index (χ2n) is 2.17. The lowest BCUT2D eigenvalue weighted by molar-refractivity contribution is -0.107. The molecule has 11 heavy (non-hydrogen) atoms. The molecule has 0 unspecified atom stereocenters. The zero-order valence-corrected chi connectivity index (χ0v) is 6.88. The molecule has 1 aromatic rings. The highest BCUT2D eigenvalue weighted by molar-refractivity contribution is 6.33. The normalized spacial score (nSPS) is 9.27. The summed E-state index contributed by atoms with van der Waals surface area (Å²) in [5, 5.41) is 0.585. The van der Waals surface area contributed by atoms with Gasteiger partial charge in [0.05, 0.1) is 10.7 Å². The highest BCUT2D eigenvalue weighted by Crippen LogP contribution is 2.22. The number of amides is 1. The van der Waals surface area contributed by atoms with Crippen molar-refractivity contribution in [2.75, 3.05) is 11.9 Å². The molecule has 0 bridgehead atoms. The van der Waals surface area contributed by atoms with E-state index in [-0.39, 0.29) is 0 Å². The number of benzene rings is 1. The average molecular weight is 170 g/mol. The zero-order chi connectivity index (χ0) is 8.27. The monoisotopic (exact) mass is 169 g/mol. The van der Waals surface area contributed by atoms with Gasteiger partial charge >= 0.3 is 0 Å². The Morgan fingerprint density at radius 3 is 2.64 bits per heavy atom. The molecule has 58 valence electrons.